The zero-order valence-corrected chi connectivity index (χ0v) is 15.2. The van der Waals surface area contributed by atoms with Gasteiger partial charge in [0.15, 0.2) is 9.84 Å². The summed E-state index contributed by atoms with van der Waals surface area (Å²) in [6.45, 7) is 0. The van der Waals surface area contributed by atoms with Crippen LogP contribution in [0.1, 0.15) is 16.7 Å². The molecule has 0 atom stereocenters. The largest absolute Gasteiger partial charge is 0.309 e. The van der Waals surface area contributed by atoms with Crippen molar-refractivity contribution in [2.45, 2.75) is 22.7 Å². The van der Waals surface area contributed by atoms with Crippen LogP contribution >= 0.6 is 0 Å². The lowest BCUT2D eigenvalue weighted by molar-refractivity contribution is 0.461. The molecule has 3 aromatic rings. The van der Waals surface area contributed by atoms with Crippen LogP contribution in [0.25, 0.3) is 0 Å². The molecule has 26 heavy (non-hydrogen) atoms. The van der Waals surface area contributed by atoms with Crippen LogP contribution in [-0.2, 0) is 27.7 Å². The van der Waals surface area contributed by atoms with Crippen molar-refractivity contribution >= 4 is 9.84 Å². The summed E-state index contributed by atoms with van der Waals surface area (Å²) in [5.41, 5.74) is 14.0. The fourth-order valence-corrected chi connectivity index (χ4v) is 4.23. The molecule has 0 aliphatic carbocycles. The molecule has 0 heterocycles. The van der Waals surface area contributed by atoms with Crippen LogP contribution in [-0.4, -0.2) is 8.42 Å². The predicted molar refractivity (Wildman–Crippen MR) is 104 cm³/mol. The Balaban J connectivity index is 1.79. The number of benzene rings is 3. The number of hydrogen-bond acceptors (Lipinski definition) is 4. The second kappa shape index (κ2) is 7.41. The number of sulfone groups is 1. The minimum Gasteiger partial charge on any atom is -0.309 e. The molecule has 3 aromatic carbocycles. The highest BCUT2D eigenvalue weighted by atomic mass is 32.2. The van der Waals surface area contributed by atoms with Gasteiger partial charge < -0.3 is 11.5 Å². The Kier molecular flexibility index (Phi) is 5.23. The molecule has 4 nitrogen and oxygen atoms in total. The average Bonchev–Trinajstić information content (AvgIpc) is 2.63. The van der Waals surface area contributed by atoms with E-state index in [1.807, 2.05) is 48.5 Å². The van der Waals surface area contributed by atoms with Crippen LogP contribution in [0.15, 0.2) is 89.8 Å². The first-order chi connectivity index (χ1) is 12.4. The van der Waals surface area contributed by atoms with E-state index in [2.05, 4.69) is 0 Å². The summed E-state index contributed by atoms with van der Waals surface area (Å²) >= 11 is 0. The SMILES string of the molecule is NC(N)(Cc1ccccc1)c1ccc(S(=O)(=O)Cc2ccccc2)cc1. The molecule has 0 radical (unpaired) electrons. The third kappa shape index (κ3) is 4.38. The van der Waals surface area contributed by atoms with Gasteiger partial charge >= 0.3 is 0 Å². The molecule has 0 saturated carbocycles. The summed E-state index contributed by atoms with van der Waals surface area (Å²) in [4.78, 5) is 0.264. The Morgan fingerprint density at radius 2 is 1.19 bits per heavy atom. The van der Waals surface area contributed by atoms with E-state index in [1.165, 1.54) is 0 Å². The van der Waals surface area contributed by atoms with E-state index in [9.17, 15) is 8.42 Å². The Hall–Kier alpha value is -2.47. The minimum absolute atomic E-state index is 0.0341. The van der Waals surface area contributed by atoms with Gasteiger partial charge in [-0.25, -0.2) is 8.42 Å². The highest BCUT2D eigenvalue weighted by Gasteiger charge is 2.23. The quantitative estimate of drug-likeness (QED) is 0.657. The lowest BCUT2D eigenvalue weighted by atomic mass is 9.94. The number of rotatable bonds is 6. The first kappa shape index (κ1) is 18.3. The van der Waals surface area contributed by atoms with Gasteiger partial charge in [0, 0.05) is 6.42 Å². The van der Waals surface area contributed by atoms with E-state index in [4.69, 9.17) is 11.5 Å². The molecule has 0 fully saturated rings. The van der Waals surface area contributed by atoms with Crippen molar-refractivity contribution in [2.24, 2.45) is 11.5 Å². The molecule has 0 saturated heterocycles. The van der Waals surface area contributed by atoms with Crippen LogP contribution in [0, 0.1) is 0 Å². The van der Waals surface area contributed by atoms with Gasteiger partial charge in [-0.15, -0.1) is 0 Å². The van der Waals surface area contributed by atoms with Crippen LogP contribution in [0.3, 0.4) is 0 Å². The normalized spacial score (nSPS) is 12.1. The number of hydrogen-bond donors (Lipinski definition) is 2. The minimum atomic E-state index is -3.42. The van der Waals surface area contributed by atoms with Crippen molar-refractivity contribution in [1.82, 2.24) is 0 Å². The summed E-state index contributed by atoms with van der Waals surface area (Å²) in [6, 6.07) is 25.4. The van der Waals surface area contributed by atoms with Crippen LogP contribution < -0.4 is 11.5 Å². The maximum atomic E-state index is 12.6. The van der Waals surface area contributed by atoms with Gasteiger partial charge in [0.25, 0.3) is 0 Å². The monoisotopic (exact) mass is 366 g/mol. The van der Waals surface area contributed by atoms with E-state index in [1.54, 1.807) is 36.4 Å². The van der Waals surface area contributed by atoms with Gasteiger partial charge in [0.2, 0.25) is 0 Å². The molecule has 0 aromatic heterocycles. The third-order valence-electron chi connectivity index (χ3n) is 4.29. The predicted octanol–water partition coefficient (Wildman–Crippen LogP) is 2.97. The molecule has 0 spiro atoms. The second-order valence-corrected chi connectivity index (χ2v) is 8.46. The highest BCUT2D eigenvalue weighted by Crippen LogP contribution is 2.22. The van der Waals surface area contributed by atoms with Gasteiger partial charge in [-0.05, 0) is 28.8 Å². The summed E-state index contributed by atoms with van der Waals surface area (Å²) in [7, 11) is -3.42. The van der Waals surface area contributed by atoms with E-state index in [0.717, 1.165) is 11.1 Å². The topological polar surface area (TPSA) is 86.2 Å². The Bertz CT molecular complexity index is 952. The molecule has 134 valence electrons. The Labute approximate surface area is 154 Å². The Morgan fingerprint density at radius 3 is 1.73 bits per heavy atom. The highest BCUT2D eigenvalue weighted by molar-refractivity contribution is 7.90. The summed E-state index contributed by atoms with van der Waals surface area (Å²) in [5.74, 6) is -0.0341. The zero-order chi connectivity index (χ0) is 18.6. The van der Waals surface area contributed by atoms with Crippen molar-refractivity contribution in [3.05, 3.63) is 102 Å². The maximum Gasteiger partial charge on any atom is 0.182 e. The van der Waals surface area contributed by atoms with Crippen molar-refractivity contribution in [3.8, 4) is 0 Å². The molecule has 3 rings (SSSR count). The van der Waals surface area contributed by atoms with Gasteiger partial charge in [0.1, 0.15) is 0 Å². The molecule has 0 bridgehead atoms. The van der Waals surface area contributed by atoms with Gasteiger partial charge in [-0.3, -0.25) is 0 Å². The summed E-state index contributed by atoms with van der Waals surface area (Å²) in [6.07, 6.45) is 0.462. The Morgan fingerprint density at radius 1 is 0.692 bits per heavy atom. The fourth-order valence-electron chi connectivity index (χ4n) is 2.89. The van der Waals surface area contributed by atoms with Crippen molar-refractivity contribution in [2.75, 3.05) is 0 Å². The molecular formula is C21H22N2O2S. The summed E-state index contributed by atoms with van der Waals surface area (Å²) in [5, 5.41) is 0. The van der Waals surface area contributed by atoms with Crippen LogP contribution in [0.2, 0.25) is 0 Å². The lowest BCUT2D eigenvalue weighted by Crippen LogP contribution is -2.48. The smallest absolute Gasteiger partial charge is 0.182 e. The van der Waals surface area contributed by atoms with Gasteiger partial charge in [0.05, 0.1) is 16.3 Å². The molecule has 5 heteroatoms. The third-order valence-corrected chi connectivity index (χ3v) is 5.99. The fraction of sp³-hybridized carbons (Fsp3) is 0.143. The average molecular weight is 366 g/mol. The molecule has 4 N–H and O–H groups in total. The molecule has 0 amide bonds. The molecule has 0 unspecified atom stereocenters. The van der Waals surface area contributed by atoms with Crippen molar-refractivity contribution in [1.29, 1.82) is 0 Å². The standard InChI is InChI=1S/C21H22N2O2S/c22-21(23,15-17-7-3-1-4-8-17)19-11-13-20(14-12-19)26(24,25)16-18-9-5-2-6-10-18/h1-14H,15-16,22-23H2. The van der Waals surface area contributed by atoms with Crippen molar-refractivity contribution < 1.29 is 8.42 Å². The van der Waals surface area contributed by atoms with E-state index in [0.29, 0.717) is 12.0 Å². The van der Waals surface area contributed by atoms with Crippen molar-refractivity contribution in [3.63, 3.8) is 0 Å². The van der Waals surface area contributed by atoms with Crippen LogP contribution in [0.4, 0.5) is 0 Å². The van der Waals surface area contributed by atoms with Gasteiger partial charge in [-0.2, -0.15) is 0 Å². The van der Waals surface area contributed by atoms with Crippen LogP contribution in [0.5, 0.6) is 0 Å². The second-order valence-electron chi connectivity index (χ2n) is 6.47. The first-order valence-corrected chi connectivity index (χ1v) is 10.0. The number of nitrogens with two attached hydrogens (primary N) is 2. The molecule has 0 aliphatic heterocycles. The van der Waals surface area contributed by atoms with E-state index in [-0.39, 0.29) is 10.6 Å². The summed E-state index contributed by atoms with van der Waals surface area (Å²) < 4.78 is 25.2. The molecular weight excluding hydrogens is 344 g/mol. The molecule has 0 aliphatic rings. The lowest BCUT2D eigenvalue weighted by Gasteiger charge is -2.25. The van der Waals surface area contributed by atoms with E-state index < -0.39 is 15.5 Å². The first-order valence-electron chi connectivity index (χ1n) is 8.36. The zero-order valence-electron chi connectivity index (χ0n) is 14.4. The van der Waals surface area contributed by atoms with E-state index >= 15 is 0 Å². The van der Waals surface area contributed by atoms with Gasteiger partial charge in [-0.1, -0.05) is 72.8 Å². The maximum absolute atomic E-state index is 12.6.